The molecular weight excluding hydrogens is 190 g/mol. The van der Waals surface area contributed by atoms with Gasteiger partial charge in [-0.2, -0.15) is 0 Å². The maximum absolute atomic E-state index is 11.0. The Morgan fingerprint density at radius 2 is 1.87 bits per heavy atom. The molecule has 1 aromatic carbocycles. The zero-order valence-corrected chi connectivity index (χ0v) is 8.56. The standard InChI is InChI=1S/C12H14NO2/c14-10-12(11-4-2-1-3-5-11)13-6-8-15-9-7-13/h1-5,12H,6-9H2/t12-/m0/s1. The highest BCUT2D eigenvalue weighted by Crippen LogP contribution is 2.19. The van der Waals surface area contributed by atoms with Crippen molar-refractivity contribution < 1.29 is 9.53 Å². The van der Waals surface area contributed by atoms with E-state index in [2.05, 4.69) is 11.2 Å². The Balaban J connectivity index is 2.12. The van der Waals surface area contributed by atoms with Gasteiger partial charge < -0.3 is 4.74 Å². The number of carbonyl (C=O) groups excluding carboxylic acids is 1. The molecule has 0 aliphatic carbocycles. The minimum Gasteiger partial charge on any atom is -0.379 e. The third-order valence-corrected chi connectivity index (χ3v) is 2.64. The zero-order valence-electron chi connectivity index (χ0n) is 8.56. The van der Waals surface area contributed by atoms with Gasteiger partial charge in [0, 0.05) is 13.1 Å². The fourth-order valence-electron chi connectivity index (χ4n) is 1.82. The highest BCUT2D eigenvalue weighted by Gasteiger charge is 2.22. The van der Waals surface area contributed by atoms with Crippen molar-refractivity contribution in [3.63, 3.8) is 0 Å². The highest BCUT2D eigenvalue weighted by atomic mass is 16.5. The molecule has 0 saturated carbocycles. The molecule has 3 nitrogen and oxygen atoms in total. The van der Waals surface area contributed by atoms with Crippen molar-refractivity contribution in [2.24, 2.45) is 0 Å². The number of benzene rings is 1. The molecule has 1 aromatic rings. The van der Waals surface area contributed by atoms with Crippen LogP contribution in [0, 0.1) is 0 Å². The second kappa shape index (κ2) is 5.05. The molecule has 1 atom stereocenters. The fraction of sp³-hybridized carbons (Fsp3) is 0.417. The Kier molecular flexibility index (Phi) is 3.48. The van der Waals surface area contributed by atoms with Gasteiger partial charge in [-0.15, -0.1) is 0 Å². The maximum atomic E-state index is 11.0. The van der Waals surface area contributed by atoms with Crippen LogP contribution in [0.1, 0.15) is 11.6 Å². The molecule has 15 heavy (non-hydrogen) atoms. The van der Waals surface area contributed by atoms with E-state index in [4.69, 9.17) is 4.74 Å². The van der Waals surface area contributed by atoms with Crippen molar-refractivity contribution in [3.05, 3.63) is 35.9 Å². The van der Waals surface area contributed by atoms with E-state index >= 15 is 0 Å². The Hall–Kier alpha value is -1.19. The number of ether oxygens (including phenoxy) is 1. The van der Waals surface area contributed by atoms with Crippen LogP contribution in [0.25, 0.3) is 0 Å². The highest BCUT2D eigenvalue weighted by molar-refractivity contribution is 5.62. The maximum Gasteiger partial charge on any atom is 0.222 e. The summed E-state index contributed by atoms with van der Waals surface area (Å²) >= 11 is 0. The minimum absolute atomic E-state index is 0.241. The quantitative estimate of drug-likeness (QED) is 0.740. The number of morpholine rings is 1. The third-order valence-electron chi connectivity index (χ3n) is 2.64. The van der Waals surface area contributed by atoms with Gasteiger partial charge in [-0.1, -0.05) is 30.3 Å². The first kappa shape index (κ1) is 10.3. The van der Waals surface area contributed by atoms with Gasteiger partial charge >= 0.3 is 0 Å². The molecule has 1 radical (unpaired) electrons. The average Bonchev–Trinajstić information content (AvgIpc) is 2.33. The van der Waals surface area contributed by atoms with E-state index in [1.54, 1.807) is 0 Å². The Bertz CT molecular complexity index is 307. The minimum atomic E-state index is -0.241. The SMILES string of the molecule is O=[C][C@@H](c1ccccc1)N1CCOCC1. The van der Waals surface area contributed by atoms with Crippen LogP contribution in [-0.4, -0.2) is 37.5 Å². The van der Waals surface area contributed by atoms with Crippen molar-refractivity contribution >= 4 is 6.29 Å². The van der Waals surface area contributed by atoms with E-state index in [1.807, 2.05) is 30.3 Å². The summed E-state index contributed by atoms with van der Waals surface area (Å²) in [5, 5.41) is 0. The molecule has 0 unspecified atom stereocenters. The molecule has 1 aliphatic heterocycles. The van der Waals surface area contributed by atoms with Crippen LogP contribution in [0.5, 0.6) is 0 Å². The van der Waals surface area contributed by atoms with Crippen LogP contribution in [0.4, 0.5) is 0 Å². The van der Waals surface area contributed by atoms with Gasteiger partial charge in [0.2, 0.25) is 6.29 Å². The lowest BCUT2D eigenvalue weighted by atomic mass is 10.1. The summed E-state index contributed by atoms with van der Waals surface area (Å²) in [5.41, 5.74) is 1.01. The number of rotatable bonds is 3. The van der Waals surface area contributed by atoms with E-state index in [-0.39, 0.29) is 6.04 Å². The molecule has 0 N–H and O–H groups in total. The summed E-state index contributed by atoms with van der Waals surface area (Å²) < 4.78 is 5.26. The van der Waals surface area contributed by atoms with Crippen molar-refractivity contribution in [2.45, 2.75) is 6.04 Å². The zero-order chi connectivity index (χ0) is 10.5. The summed E-state index contributed by atoms with van der Waals surface area (Å²) in [7, 11) is 0. The predicted molar refractivity (Wildman–Crippen MR) is 57.3 cm³/mol. The van der Waals surface area contributed by atoms with E-state index < -0.39 is 0 Å². The lowest BCUT2D eigenvalue weighted by Gasteiger charge is -2.30. The Labute approximate surface area is 89.7 Å². The average molecular weight is 204 g/mol. The Morgan fingerprint density at radius 3 is 2.47 bits per heavy atom. The van der Waals surface area contributed by atoms with E-state index in [0.717, 1.165) is 18.7 Å². The van der Waals surface area contributed by atoms with Crippen LogP contribution < -0.4 is 0 Å². The molecule has 0 spiro atoms. The lowest BCUT2D eigenvalue weighted by molar-refractivity contribution is 0.0283. The molecule has 1 fully saturated rings. The van der Waals surface area contributed by atoms with Gasteiger partial charge in [0.15, 0.2) is 0 Å². The van der Waals surface area contributed by atoms with Gasteiger partial charge in [-0.25, -0.2) is 0 Å². The molecule has 3 heteroatoms. The van der Waals surface area contributed by atoms with Gasteiger partial charge in [0.25, 0.3) is 0 Å². The van der Waals surface area contributed by atoms with Crippen LogP contribution in [0.3, 0.4) is 0 Å². The molecule has 79 valence electrons. The molecule has 1 heterocycles. The molecule has 1 saturated heterocycles. The Morgan fingerprint density at radius 1 is 1.20 bits per heavy atom. The van der Waals surface area contributed by atoms with E-state index in [1.165, 1.54) is 0 Å². The number of hydrogen-bond acceptors (Lipinski definition) is 3. The van der Waals surface area contributed by atoms with E-state index in [9.17, 15) is 4.79 Å². The monoisotopic (exact) mass is 204 g/mol. The lowest BCUT2D eigenvalue weighted by Crippen LogP contribution is -2.39. The van der Waals surface area contributed by atoms with Crippen LogP contribution in [-0.2, 0) is 9.53 Å². The summed E-state index contributed by atoms with van der Waals surface area (Å²) in [6, 6.07) is 9.52. The van der Waals surface area contributed by atoms with Gasteiger partial charge in [0.1, 0.15) is 6.04 Å². The molecular formula is C12H14NO2. The molecule has 0 amide bonds. The number of hydrogen-bond donors (Lipinski definition) is 0. The third kappa shape index (κ3) is 2.43. The van der Waals surface area contributed by atoms with Crippen molar-refractivity contribution in [2.75, 3.05) is 26.3 Å². The largest absolute Gasteiger partial charge is 0.379 e. The normalized spacial score (nSPS) is 19.7. The second-order valence-corrected chi connectivity index (χ2v) is 3.58. The summed E-state index contributed by atoms with van der Waals surface area (Å²) in [5.74, 6) is 0. The first-order valence-corrected chi connectivity index (χ1v) is 5.16. The topological polar surface area (TPSA) is 29.5 Å². The molecule has 0 aromatic heterocycles. The summed E-state index contributed by atoms with van der Waals surface area (Å²) in [6.45, 7) is 3.00. The van der Waals surface area contributed by atoms with Crippen molar-refractivity contribution in [3.8, 4) is 0 Å². The molecule has 0 bridgehead atoms. The van der Waals surface area contributed by atoms with Crippen LogP contribution >= 0.6 is 0 Å². The van der Waals surface area contributed by atoms with E-state index in [0.29, 0.717) is 13.2 Å². The van der Waals surface area contributed by atoms with Crippen LogP contribution in [0.15, 0.2) is 30.3 Å². The second-order valence-electron chi connectivity index (χ2n) is 3.58. The van der Waals surface area contributed by atoms with Gasteiger partial charge in [-0.05, 0) is 5.56 Å². The van der Waals surface area contributed by atoms with Gasteiger partial charge in [-0.3, -0.25) is 9.69 Å². The van der Waals surface area contributed by atoms with Crippen molar-refractivity contribution in [1.82, 2.24) is 4.90 Å². The van der Waals surface area contributed by atoms with Crippen LogP contribution in [0.2, 0.25) is 0 Å². The predicted octanol–water partition coefficient (Wildman–Crippen LogP) is 1.17. The summed E-state index contributed by atoms with van der Waals surface area (Å²) in [4.78, 5) is 13.1. The first-order chi connectivity index (χ1) is 7.42. The smallest absolute Gasteiger partial charge is 0.222 e. The summed E-state index contributed by atoms with van der Waals surface area (Å²) in [6.07, 6.45) is 2.11. The fourth-order valence-corrected chi connectivity index (χ4v) is 1.82. The molecule has 1 aliphatic rings. The first-order valence-electron chi connectivity index (χ1n) is 5.16. The molecule has 2 rings (SSSR count). The van der Waals surface area contributed by atoms with Crippen molar-refractivity contribution in [1.29, 1.82) is 0 Å². The number of nitrogens with zero attached hydrogens (tertiary/aromatic N) is 1. The van der Waals surface area contributed by atoms with Gasteiger partial charge in [0.05, 0.1) is 13.2 Å².